The van der Waals surface area contributed by atoms with Gasteiger partial charge in [-0.15, -0.1) is 0 Å². The molecule has 0 aromatic heterocycles. The predicted octanol–water partition coefficient (Wildman–Crippen LogP) is 4.74. The van der Waals surface area contributed by atoms with Crippen molar-refractivity contribution in [3.05, 3.63) is 77.6 Å². The fourth-order valence-corrected chi connectivity index (χ4v) is 3.99. The van der Waals surface area contributed by atoms with Crippen LogP contribution in [0.4, 0.5) is 9.18 Å². The lowest BCUT2D eigenvalue weighted by Gasteiger charge is -2.37. The van der Waals surface area contributed by atoms with Gasteiger partial charge in [0.1, 0.15) is 11.6 Å². The Labute approximate surface area is 168 Å². The fourth-order valence-electron chi connectivity index (χ4n) is 3.99. The summed E-state index contributed by atoms with van der Waals surface area (Å²) >= 11 is 0. The molecule has 2 unspecified atom stereocenters. The zero-order valence-electron chi connectivity index (χ0n) is 15.8. The number of rotatable bonds is 4. The van der Waals surface area contributed by atoms with Gasteiger partial charge in [0, 0.05) is 17.8 Å². The summed E-state index contributed by atoms with van der Waals surface area (Å²) in [6.07, 6.45) is -0.732. The first kappa shape index (κ1) is 19.2. The first-order chi connectivity index (χ1) is 14.0. The number of nitrogens with zero attached hydrogens (tertiary/aromatic N) is 1. The Morgan fingerprint density at radius 2 is 1.90 bits per heavy atom. The minimum Gasteiger partial charge on any atom is -0.507 e. The van der Waals surface area contributed by atoms with E-state index in [9.17, 15) is 19.4 Å². The summed E-state index contributed by atoms with van der Waals surface area (Å²) in [5.41, 5.74) is 1.74. The van der Waals surface area contributed by atoms with E-state index in [2.05, 4.69) is 0 Å². The molecule has 1 heterocycles. The van der Waals surface area contributed by atoms with Crippen LogP contribution in [0.15, 0.2) is 60.7 Å². The van der Waals surface area contributed by atoms with Crippen molar-refractivity contribution in [2.45, 2.75) is 25.0 Å². The second-order valence-electron chi connectivity index (χ2n) is 7.36. The van der Waals surface area contributed by atoms with Crippen LogP contribution in [-0.4, -0.2) is 40.4 Å². The zero-order valence-corrected chi connectivity index (χ0v) is 15.8. The molecular weight excluding hydrogens is 373 g/mol. The number of ether oxygens (including phenoxy) is 1. The number of likely N-dealkylation sites (tertiary alicyclic amines) is 1. The Hall–Kier alpha value is -3.12. The molecule has 3 aromatic carbocycles. The summed E-state index contributed by atoms with van der Waals surface area (Å²) < 4.78 is 19.5. The normalized spacial score (nSPS) is 19.4. The highest BCUT2D eigenvalue weighted by Crippen LogP contribution is 2.32. The number of aromatic hydroxyl groups is 1. The van der Waals surface area contributed by atoms with Gasteiger partial charge in [0.05, 0.1) is 19.3 Å². The zero-order chi connectivity index (χ0) is 20.4. The van der Waals surface area contributed by atoms with Crippen LogP contribution in [-0.2, 0) is 11.3 Å². The average Bonchev–Trinajstić information content (AvgIpc) is 2.73. The second-order valence-corrected chi connectivity index (χ2v) is 7.36. The van der Waals surface area contributed by atoms with E-state index < -0.39 is 6.09 Å². The van der Waals surface area contributed by atoms with E-state index in [1.54, 1.807) is 18.2 Å². The van der Waals surface area contributed by atoms with Crippen molar-refractivity contribution >= 4 is 16.9 Å². The van der Waals surface area contributed by atoms with Gasteiger partial charge in [-0.05, 0) is 47.2 Å². The van der Waals surface area contributed by atoms with Crippen molar-refractivity contribution in [3.63, 3.8) is 0 Å². The molecule has 4 rings (SSSR count). The summed E-state index contributed by atoms with van der Waals surface area (Å²) in [5, 5.41) is 21.3. The van der Waals surface area contributed by atoms with Crippen molar-refractivity contribution in [2.75, 3.05) is 13.1 Å². The number of phenolic OH excluding ortho intramolecular Hbond substituents is 1. The lowest BCUT2D eigenvalue weighted by atomic mass is 9.87. The quantitative estimate of drug-likeness (QED) is 0.670. The maximum atomic E-state index is 13.3. The topological polar surface area (TPSA) is 70.0 Å². The summed E-state index contributed by atoms with van der Waals surface area (Å²) in [6, 6.07) is 17.5. The van der Waals surface area contributed by atoms with E-state index in [1.807, 2.05) is 30.3 Å². The van der Waals surface area contributed by atoms with Crippen LogP contribution in [0.5, 0.6) is 5.75 Å². The molecule has 6 heteroatoms. The minimum atomic E-state index is -0.973. The highest BCUT2D eigenvalue weighted by atomic mass is 19.1. The molecule has 0 spiro atoms. The second kappa shape index (κ2) is 8.09. The van der Waals surface area contributed by atoms with Crippen molar-refractivity contribution in [1.82, 2.24) is 4.90 Å². The van der Waals surface area contributed by atoms with Gasteiger partial charge >= 0.3 is 6.09 Å². The molecule has 1 amide bonds. The van der Waals surface area contributed by atoms with E-state index in [0.717, 1.165) is 21.9 Å². The number of amides is 1. The van der Waals surface area contributed by atoms with Crippen molar-refractivity contribution < 1.29 is 24.1 Å². The monoisotopic (exact) mass is 395 g/mol. The summed E-state index contributed by atoms with van der Waals surface area (Å²) in [4.78, 5) is 12.8. The molecule has 0 bridgehead atoms. The molecule has 1 aliphatic rings. The highest BCUT2D eigenvalue weighted by molar-refractivity contribution is 5.88. The van der Waals surface area contributed by atoms with Gasteiger partial charge < -0.3 is 19.8 Å². The maximum absolute atomic E-state index is 13.3. The molecule has 1 fully saturated rings. The van der Waals surface area contributed by atoms with Crippen molar-refractivity contribution in [1.29, 1.82) is 0 Å². The van der Waals surface area contributed by atoms with Gasteiger partial charge in [-0.25, -0.2) is 9.18 Å². The number of fused-ring (bicyclic) bond motifs is 1. The molecule has 0 saturated carbocycles. The molecule has 150 valence electrons. The van der Waals surface area contributed by atoms with Gasteiger partial charge in [-0.3, -0.25) is 0 Å². The summed E-state index contributed by atoms with van der Waals surface area (Å²) in [5.74, 6) is -0.145. The molecule has 29 heavy (non-hydrogen) atoms. The van der Waals surface area contributed by atoms with Gasteiger partial charge in [-0.1, -0.05) is 36.4 Å². The summed E-state index contributed by atoms with van der Waals surface area (Å²) in [7, 11) is 0. The van der Waals surface area contributed by atoms with Crippen LogP contribution >= 0.6 is 0 Å². The number of phenols is 1. The Bertz CT molecular complexity index is 1020. The fraction of sp³-hybridized carbons (Fsp3) is 0.261. The molecule has 5 nitrogen and oxygen atoms in total. The largest absolute Gasteiger partial charge is 0.507 e. The van der Waals surface area contributed by atoms with Gasteiger partial charge in [-0.2, -0.15) is 0 Å². The maximum Gasteiger partial charge on any atom is 0.407 e. The van der Waals surface area contributed by atoms with Crippen molar-refractivity contribution in [2.24, 2.45) is 0 Å². The first-order valence-electron chi connectivity index (χ1n) is 9.57. The molecular formula is C23H22FNO4. The Kier molecular flexibility index (Phi) is 5.36. The average molecular weight is 395 g/mol. The number of halogens is 1. The van der Waals surface area contributed by atoms with Crippen LogP contribution < -0.4 is 0 Å². The molecule has 1 aliphatic heterocycles. The van der Waals surface area contributed by atoms with Crippen LogP contribution in [0, 0.1) is 5.82 Å². The van der Waals surface area contributed by atoms with Gasteiger partial charge in [0.25, 0.3) is 0 Å². The number of piperidine rings is 1. The Morgan fingerprint density at radius 3 is 2.66 bits per heavy atom. The minimum absolute atomic E-state index is 0.0275. The van der Waals surface area contributed by atoms with E-state index in [4.69, 9.17) is 4.74 Å². The lowest BCUT2D eigenvalue weighted by molar-refractivity contribution is -0.0199. The molecule has 2 N–H and O–H groups in total. The smallest absolute Gasteiger partial charge is 0.407 e. The third kappa shape index (κ3) is 4.17. The molecule has 2 atom stereocenters. The molecule has 3 aromatic rings. The van der Waals surface area contributed by atoms with E-state index in [0.29, 0.717) is 13.0 Å². The number of benzene rings is 3. The number of hydrogen-bond acceptors (Lipinski definition) is 3. The van der Waals surface area contributed by atoms with Crippen LogP contribution in [0.3, 0.4) is 0 Å². The van der Waals surface area contributed by atoms with E-state index in [-0.39, 0.29) is 36.7 Å². The molecule has 0 aliphatic carbocycles. The van der Waals surface area contributed by atoms with Gasteiger partial charge in [0.15, 0.2) is 0 Å². The Morgan fingerprint density at radius 1 is 1.14 bits per heavy atom. The van der Waals surface area contributed by atoms with E-state index >= 15 is 0 Å². The number of hydrogen-bond donors (Lipinski definition) is 2. The standard InChI is InChI=1S/C23H22FNO4/c24-18-7-5-16(6-8-18)20-9-10-25(23(27)28)13-22(20)29-14-15-11-17-3-1-2-4-19(17)21(26)12-15/h1-8,11-12,20,22,26H,9-10,13-14H2,(H,27,28). The first-order valence-corrected chi connectivity index (χ1v) is 9.57. The Balaban J connectivity index is 1.55. The van der Waals surface area contributed by atoms with Gasteiger partial charge in [0.2, 0.25) is 0 Å². The van der Waals surface area contributed by atoms with E-state index in [1.165, 1.54) is 17.0 Å². The molecule has 1 saturated heterocycles. The third-order valence-corrected chi connectivity index (χ3v) is 5.49. The number of carboxylic acid groups (broad SMARTS) is 1. The van der Waals surface area contributed by atoms with Crippen molar-refractivity contribution in [3.8, 4) is 5.75 Å². The number of carbonyl (C=O) groups is 1. The summed E-state index contributed by atoms with van der Waals surface area (Å²) in [6.45, 7) is 0.902. The third-order valence-electron chi connectivity index (χ3n) is 5.49. The van der Waals surface area contributed by atoms with Crippen LogP contribution in [0.25, 0.3) is 10.8 Å². The van der Waals surface area contributed by atoms with Crippen LogP contribution in [0.1, 0.15) is 23.5 Å². The highest BCUT2D eigenvalue weighted by Gasteiger charge is 2.33. The molecule has 0 radical (unpaired) electrons. The lowest BCUT2D eigenvalue weighted by Crippen LogP contribution is -2.46. The SMILES string of the molecule is O=C(O)N1CCC(c2ccc(F)cc2)C(OCc2cc(O)c3ccccc3c2)C1. The van der Waals surface area contributed by atoms with Crippen LogP contribution in [0.2, 0.25) is 0 Å². The predicted molar refractivity (Wildman–Crippen MR) is 108 cm³/mol.